The van der Waals surface area contributed by atoms with Gasteiger partial charge in [0.05, 0.1) is 21.7 Å². The number of sulfonamides is 1. The largest absolute Gasteiger partial charge is 0.348 e. The van der Waals surface area contributed by atoms with Crippen molar-refractivity contribution in [3.63, 3.8) is 0 Å². The summed E-state index contributed by atoms with van der Waals surface area (Å²) in [6.07, 6.45) is 3.32. The maximum absolute atomic E-state index is 13.0. The van der Waals surface area contributed by atoms with Crippen LogP contribution in [-0.2, 0) is 16.6 Å². The second-order valence-electron chi connectivity index (χ2n) is 6.82. The minimum absolute atomic E-state index is 0.0133. The van der Waals surface area contributed by atoms with E-state index in [9.17, 15) is 13.2 Å². The summed E-state index contributed by atoms with van der Waals surface area (Å²) in [6.45, 7) is 0.207. The standard InChI is InChI=1S/C22H17ClN4O3S/c23-16-3-6-20-18(11-16)19(12-21(27-20)15-7-9-25-10-8-15)22(28)26-13-14-1-4-17(5-2-14)31(24,29)30/h1-12H,13H2,(H,26,28)(H2,24,29,30). The zero-order valence-electron chi connectivity index (χ0n) is 16.1. The van der Waals surface area contributed by atoms with Crippen LogP contribution >= 0.6 is 11.6 Å². The Morgan fingerprint density at radius 3 is 2.39 bits per heavy atom. The normalized spacial score (nSPS) is 11.4. The molecule has 3 N–H and O–H groups in total. The summed E-state index contributed by atoms with van der Waals surface area (Å²) >= 11 is 6.15. The molecule has 1 amide bonds. The van der Waals surface area contributed by atoms with E-state index >= 15 is 0 Å². The van der Waals surface area contributed by atoms with Crippen molar-refractivity contribution in [2.24, 2.45) is 5.14 Å². The summed E-state index contributed by atoms with van der Waals surface area (Å²) in [7, 11) is -3.76. The smallest absolute Gasteiger partial charge is 0.252 e. The van der Waals surface area contributed by atoms with E-state index in [-0.39, 0.29) is 17.3 Å². The molecule has 0 bridgehead atoms. The van der Waals surface area contributed by atoms with Crippen LogP contribution < -0.4 is 10.5 Å². The third kappa shape index (κ3) is 4.72. The summed E-state index contributed by atoms with van der Waals surface area (Å²) in [6, 6.07) is 16.6. The first-order chi connectivity index (χ1) is 14.8. The molecular weight excluding hydrogens is 436 g/mol. The molecule has 0 atom stereocenters. The van der Waals surface area contributed by atoms with Gasteiger partial charge in [0.25, 0.3) is 5.91 Å². The summed E-state index contributed by atoms with van der Waals surface area (Å²) in [5.74, 6) is -0.305. The monoisotopic (exact) mass is 452 g/mol. The number of nitrogens with two attached hydrogens (primary N) is 1. The Labute approximate surface area is 184 Å². The maximum atomic E-state index is 13.0. The topological polar surface area (TPSA) is 115 Å². The molecule has 2 aromatic carbocycles. The van der Waals surface area contributed by atoms with Gasteiger partial charge >= 0.3 is 0 Å². The number of fused-ring (bicyclic) bond motifs is 1. The summed E-state index contributed by atoms with van der Waals surface area (Å²) in [4.78, 5) is 21.7. The third-order valence-electron chi connectivity index (χ3n) is 4.70. The Balaban J connectivity index is 1.65. The van der Waals surface area contributed by atoms with Gasteiger partial charge in [0.15, 0.2) is 0 Å². The van der Waals surface area contributed by atoms with E-state index in [4.69, 9.17) is 16.7 Å². The number of amides is 1. The van der Waals surface area contributed by atoms with Crippen molar-refractivity contribution in [2.75, 3.05) is 0 Å². The molecule has 0 fully saturated rings. The molecule has 0 aliphatic carbocycles. The number of nitrogens with one attached hydrogen (secondary N) is 1. The van der Waals surface area contributed by atoms with Crippen molar-refractivity contribution in [3.05, 3.63) is 89.2 Å². The van der Waals surface area contributed by atoms with E-state index in [0.29, 0.717) is 27.2 Å². The van der Waals surface area contributed by atoms with E-state index in [1.807, 2.05) is 12.1 Å². The molecular formula is C22H17ClN4O3S. The summed E-state index contributed by atoms with van der Waals surface area (Å²) in [5, 5.41) is 9.11. The lowest BCUT2D eigenvalue weighted by Crippen LogP contribution is -2.23. The minimum atomic E-state index is -3.76. The number of hydrogen-bond donors (Lipinski definition) is 2. The number of hydrogen-bond acceptors (Lipinski definition) is 5. The van der Waals surface area contributed by atoms with Gasteiger partial charge in [-0.1, -0.05) is 23.7 Å². The molecule has 4 rings (SSSR count). The van der Waals surface area contributed by atoms with Gasteiger partial charge in [-0.25, -0.2) is 18.5 Å². The molecule has 0 aliphatic rings. The molecule has 0 saturated carbocycles. The second kappa shape index (κ2) is 8.43. The fraction of sp³-hybridized carbons (Fsp3) is 0.0455. The molecule has 31 heavy (non-hydrogen) atoms. The fourth-order valence-corrected chi connectivity index (χ4v) is 3.82. The van der Waals surface area contributed by atoms with Crippen LogP contribution in [0.5, 0.6) is 0 Å². The molecule has 2 heterocycles. The predicted molar refractivity (Wildman–Crippen MR) is 119 cm³/mol. The number of nitrogens with zero attached hydrogens (tertiary/aromatic N) is 2. The highest BCUT2D eigenvalue weighted by molar-refractivity contribution is 7.89. The molecule has 0 aliphatic heterocycles. The molecule has 9 heteroatoms. The van der Waals surface area contributed by atoms with Crippen LogP contribution in [0, 0.1) is 0 Å². The van der Waals surface area contributed by atoms with Crippen LogP contribution in [0.4, 0.5) is 0 Å². The van der Waals surface area contributed by atoms with Crippen molar-refractivity contribution < 1.29 is 13.2 Å². The second-order valence-corrected chi connectivity index (χ2v) is 8.82. The van der Waals surface area contributed by atoms with E-state index < -0.39 is 10.0 Å². The number of pyridine rings is 2. The van der Waals surface area contributed by atoms with Gasteiger partial charge < -0.3 is 5.32 Å². The highest BCUT2D eigenvalue weighted by Gasteiger charge is 2.15. The van der Waals surface area contributed by atoms with Crippen LogP contribution in [0.15, 0.2) is 78.0 Å². The molecule has 0 radical (unpaired) electrons. The summed E-state index contributed by atoms with van der Waals surface area (Å²) in [5.41, 5.74) is 3.27. The van der Waals surface area contributed by atoms with Gasteiger partial charge in [-0.05, 0) is 54.1 Å². The zero-order valence-corrected chi connectivity index (χ0v) is 17.7. The lowest BCUT2D eigenvalue weighted by atomic mass is 10.0. The van der Waals surface area contributed by atoms with Crippen LogP contribution in [0.25, 0.3) is 22.2 Å². The molecule has 0 saturated heterocycles. The van der Waals surface area contributed by atoms with Gasteiger partial charge in [-0.2, -0.15) is 0 Å². The quantitative estimate of drug-likeness (QED) is 0.480. The highest BCUT2D eigenvalue weighted by Crippen LogP contribution is 2.27. The lowest BCUT2D eigenvalue weighted by molar-refractivity contribution is 0.0952. The zero-order chi connectivity index (χ0) is 22.0. The number of halogens is 1. The number of aromatic nitrogens is 2. The van der Waals surface area contributed by atoms with Crippen molar-refractivity contribution >= 4 is 38.4 Å². The van der Waals surface area contributed by atoms with Gasteiger partial charge in [-0.15, -0.1) is 0 Å². The SMILES string of the molecule is NS(=O)(=O)c1ccc(CNC(=O)c2cc(-c3ccncc3)nc3ccc(Cl)cc23)cc1. The van der Waals surface area contributed by atoms with Crippen LogP contribution in [0.1, 0.15) is 15.9 Å². The Bertz CT molecular complexity index is 1380. The van der Waals surface area contributed by atoms with E-state index in [0.717, 1.165) is 11.1 Å². The Kier molecular flexibility index (Phi) is 5.69. The third-order valence-corrected chi connectivity index (χ3v) is 5.86. The molecule has 4 aromatic rings. The van der Waals surface area contributed by atoms with E-state index in [2.05, 4.69) is 15.3 Å². The van der Waals surface area contributed by atoms with E-state index in [1.165, 1.54) is 12.1 Å². The van der Waals surface area contributed by atoms with Crippen molar-refractivity contribution in [1.29, 1.82) is 0 Å². The van der Waals surface area contributed by atoms with E-state index in [1.54, 1.807) is 48.8 Å². The predicted octanol–water partition coefficient (Wildman–Crippen LogP) is 3.53. The van der Waals surface area contributed by atoms with Crippen molar-refractivity contribution in [1.82, 2.24) is 15.3 Å². The number of benzene rings is 2. The first kappa shape index (κ1) is 20.9. The molecule has 0 spiro atoms. The Morgan fingerprint density at radius 2 is 1.71 bits per heavy atom. The Hall–Kier alpha value is -3.33. The first-order valence-corrected chi connectivity index (χ1v) is 11.1. The van der Waals surface area contributed by atoms with Crippen LogP contribution in [0.3, 0.4) is 0 Å². The average Bonchev–Trinajstić information content (AvgIpc) is 2.77. The van der Waals surface area contributed by atoms with Crippen molar-refractivity contribution in [2.45, 2.75) is 11.4 Å². The van der Waals surface area contributed by atoms with Crippen LogP contribution in [0.2, 0.25) is 5.02 Å². The van der Waals surface area contributed by atoms with Crippen LogP contribution in [-0.4, -0.2) is 24.3 Å². The number of rotatable bonds is 5. The molecule has 2 aromatic heterocycles. The average molecular weight is 453 g/mol. The summed E-state index contributed by atoms with van der Waals surface area (Å²) < 4.78 is 22.8. The fourth-order valence-electron chi connectivity index (χ4n) is 3.13. The first-order valence-electron chi connectivity index (χ1n) is 9.22. The maximum Gasteiger partial charge on any atom is 0.252 e. The number of carbonyl (C=O) groups is 1. The molecule has 156 valence electrons. The molecule has 7 nitrogen and oxygen atoms in total. The number of primary sulfonamides is 1. The lowest BCUT2D eigenvalue weighted by Gasteiger charge is -2.11. The highest BCUT2D eigenvalue weighted by atomic mass is 35.5. The van der Waals surface area contributed by atoms with Gasteiger partial charge in [0, 0.05) is 34.9 Å². The Morgan fingerprint density at radius 1 is 1.00 bits per heavy atom. The van der Waals surface area contributed by atoms with Crippen molar-refractivity contribution in [3.8, 4) is 11.3 Å². The molecule has 0 unspecified atom stereocenters. The minimum Gasteiger partial charge on any atom is -0.348 e. The van der Waals surface area contributed by atoms with Gasteiger partial charge in [-0.3, -0.25) is 9.78 Å². The van der Waals surface area contributed by atoms with Gasteiger partial charge in [0.1, 0.15) is 0 Å². The number of carbonyl (C=O) groups excluding carboxylic acids is 1. The van der Waals surface area contributed by atoms with Gasteiger partial charge in [0.2, 0.25) is 10.0 Å².